The first-order valence-corrected chi connectivity index (χ1v) is 16.7. The molecule has 1 saturated carbocycles. The lowest BCUT2D eigenvalue weighted by Gasteiger charge is -2.35. The number of carbonyl (C=O) groups excluding carboxylic acids is 2. The van der Waals surface area contributed by atoms with E-state index in [1.807, 2.05) is 43.3 Å². The minimum atomic E-state index is -3.83. The SMILES string of the molecule is Cc1cccc(N(CC(=O)N(Cc2ccc(Cl)c(Cl)c2)[C@H](Cc2ccccc2)C(=O)NC2CCCCC2)S(C)(=O)=O)c1. The molecule has 0 heterocycles. The molecule has 3 aromatic rings. The van der Waals surface area contributed by atoms with E-state index in [0.29, 0.717) is 21.3 Å². The molecule has 4 rings (SSSR count). The van der Waals surface area contributed by atoms with Gasteiger partial charge in [0.2, 0.25) is 21.8 Å². The highest BCUT2D eigenvalue weighted by molar-refractivity contribution is 7.92. The Hall–Kier alpha value is -3.07. The van der Waals surface area contributed by atoms with Gasteiger partial charge in [-0.1, -0.05) is 91.0 Å². The summed E-state index contributed by atoms with van der Waals surface area (Å²) in [5.41, 5.74) is 2.79. The highest BCUT2D eigenvalue weighted by Gasteiger charge is 2.34. The fraction of sp³-hybridized carbons (Fsp3) is 0.375. The molecule has 0 saturated heterocycles. The molecule has 0 radical (unpaired) electrons. The zero-order valence-corrected chi connectivity index (χ0v) is 26.3. The van der Waals surface area contributed by atoms with Crippen molar-refractivity contribution >= 4 is 50.7 Å². The van der Waals surface area contributed by atoms with Gasteiger partial charge in [-0.05, 0) is 60.7 Å². The number of rotatable bonds is 11. The van der Waals surface area contributed by atoms with E-state index >= 15 is 0 Å². The van der Waals surface area contributed by atoms with E-state index < -0.39 is 28.5 Å². The van der Waals surface area contributed by atoms with E-state index in [1.165, 1.54) is 4.90 Å². The Balaban J connectivity index is 1.74. The molecule has 0 unspecified atom stereocenters. The van der Waals surface area contributed by atoms with Gasteiger partial charge in [0.05, 0.1) is 22.0 Å². The second-order valence-electron chi connectivity index (χ2n) is 10.9. The second kappa shape index (κ2) is 14.4. The first-order chi connectivity index (χ1) is 20.0. The molecular weight excluding hydrogens is 593 g/mol. The Labute approximate surface area is 258 Å². The third-order valence-electron chi connectivity index (χ3n) is 7.53. The number of nitrogens with one attached hydrogen (secondary N) is 1. The minimum absolute atomic E-state index is 0.0336. The Bertz CT molecular complexity index is 1490. The molecular formula is C32H37Cl2N3O4S. The minimum Gasteiger partial charge on any atom is -0.352 e. The second-order valence-corrected chi connectivity index (χ2v) is 13.6. The third kappa shape index (κ3) is 8.72. The topological polar surface area (TPSA) is 86.8 Å². The zero-order chi connectivity index (χ0) is 30.3. The summed E-state index contributed by atoms with van der Waals surface area (Å²) < 4.78 is 27.0. The van der Waals surface area contributed by atoms with Crippen LogP contribution in [0.4, 0.5) is 5.69 Å². The van der Waals surface area contributed by atoms with Gasteiger partial charge < -0.3 is 10.2 Å². The summed E-state index contributed by atoms with van der Waals surface area (Å²) in [7, 11) is -3.83. The van der Waals surface area contributed by atoms with Crippen molar-refractivity contribution in [2.24, 2.45) is 0 Å². The van der Waals surface area contributed by atoms with Crippen molar-refractivity contribution in [1.82, 2.24) is 10.2 Å². The molecule has 0 aromatic heterocycles. The van der Waals surface area contributed by atoms with Crippen LogP contribution in [0.2, 0.25) is 10.0 Å². The molecule has 0 bridgehead atoms. The molecule has 7 nitrogen and oxygen atoms in total. The van der Waals surface area contributed by atoms with Gasteiger partial charge in [-0.3, -0.25) is 13.9 Å². The van der Waals surface area contributed by atoms with Crippen molar-refractivity contribution in [3.8, 4) is 0 Å². The number of halogens is 2. The largest absolute Gasteiger partial charge is 0.352 e. The highest BCUT2D eigenvalue weighted by atomic mass is 35.5. The van der Waals surface area contributed by atoms with Crippen LogP contribution in [0, 0.1) is 6.92 Å². The monoisotopic (exact) mass is 629 g/mol. The Kier molecular flexibility index (Phi) is 10.9. The van der Waals surface area contributed by atoms with Crippen molar-refractivity contribution in [3.05, 3.63) is 99.5 Å². The van der Waals surface area contributed by atoms with Crippen LogP contribution in [0.3, 0.4) is 0 Å². The highest BCUT2D eigenvalue weighted by Crippen LogP contribution is 2.26. The first kappa shape index (κ1) is 31.9. The van der Waals surface area contributed by atoms with Gasteiger partial charge in [-0.25, -0.2) is 8.42 Å². The van der Waals surface area contributed by atoms with E-state index in [4.69, 9.17) is 23.2 Å². The summed E-state index contributed by atoms with van der Waals surface area (Å²) >= 11 is 12.5. The van der Waals surface area contributed by atoms with Crippen LogP contribution < -0.4 is 9.62 Å². The Morgan fingerprint density at radius 3 is 2.26 bits per heavy atom. The molecule has 2 amide bonds. The molecule has 0 spiro atoms. The lowest BCUT2D eigenvalue weighted by molar-refractivity contribution is -0.140. The number of sulfonamides is 1. The number of nitrogens with zero attached hydrogens (tertiary/aromatic N) is 2. The summed E-state index contributed by atoms with van der Waals surface area (Å²) in [6, 6.07) is 20.7. The summed E-state index contributed by atoms with van der Waals surface area (Å²) in [6.45, 7) is 1.43. The standard InChI is InChI=1S/C32H37Cl2N3O4S/c1-23-10-9-15-27(18-23)37(42(2,40)41)22-31(38)36(21-25-16-17-28(33)29(34)19-25)30(20-24-11-5-3-6-12-24)32(39)35-26-13-7-4-8-14-26/h3,5-6,9-12,15-19,26,30H,4,7-8,13-14,20-22H2,1-2H3,(H,35,39)/t30-/m1/s1. The molecule has 42 heavy (non-hydrogen) atoms. The fourth-order valence-electron chi connectivity index (χ4n) is 5.33. The molecule has 1 atom stereocenters. The average Bonchev–Trinajstić information content (AvgIpc) is 2.95. The van der Waals surface area contributed by atoms with Gasteiger partial charge in [0.25, 0.3) is 0 Å². The van der Waals surface area contributed by atoms with Crippen molar-refractivity contribution in [1.29, 1.82) is 0 Å². The smallest absolute Gasteiger partial charge is 0.244 e. The van der Waals surface area contributed by atoms with Crippen LogP contribution in [0.1, 0.15) is 48.8 Å². The number of anilines is 1. The van der Waals surface area contributed by atoms with E-state index in [1.54, 1.807) is 36.4 Å². The number of aryl methyl sites for hydroxylation is 1. The van der Waals surface area contributed by atoms with Crippen LogP contribution in [-0.4, -0.2) is 50.0 Å². The summed E-state index contributed by atoms with van der Waals surface area (Å²) in [5.74, 6) is -0.770. The molecule has 1 aliphatic carbocycles. The normalized spacial score (nSPS) is 14.7. The van der Waals surface area contributed by atoms with E-state index in [9.17, 15) is 18.0 Å². The predicted molar refractivity (Wildman–Crippen MR) is 169 cm³/mol. The van der Waals surface area contributed by atoms with Gasteiger partial charge in [0, 0.05) is 19.0 Å². The molecule has 3 aromatic carbocycles. The number of hydrogen-bond donors (Lipinski definition) is 1. The predicted octanol–water partition coefficient (Wildman–Crippen LogP) is 6.16. The lowest BCUT2D eigenvalue weighted by Crippen LogP contribution is -2.55. The maximum Gasteiger partial charge on any atom is 0.244 e. The lowest BCUT2D eigenvalue weighted by atomic mass is 9.94. The van der Waals surface area contributed by atoms with Crippen molar-refractivity contribution in [2.75, 3.05) is 17.1 Å². The molecule has 0 aliphatic heterocycles. The summed E-state index contributed by atoms with van der Waals surface area (Å²) in [6.07, 6.45) is 6.33. The number of carbonyl (C=O) groups is 2. The van der Waals surface area contributed by atoms with Crippen molar-refractivity contribution < 1.29 is 18.0 Å². The van der Waals surface area contributed by atoms with Crippen LogP contribution in [-0.2, 0) is 32.6 Å². The van der Waals surface area contributed by atoms with E-state index in [0.717, 1.165) is 53.8 Å². The third-order valence-corrected chi connectivity index (χ3v) is 9.41. The van der Waals surface area contributed by atoms with E-state index in [2.05, 4.69) is 5.32 Å². The maximum atomic E-state index is 14.2. The van der Waals surface area contributed by atoms with Crippen LogP contribution in [0.25, 0.3) is 0 Å². The van der Waals surface area contributed by atoms with Gasteiger partial charge in [0.1, 0.15) is 12.6 Å². The quantitative estimate of drug-likeness (QED) is 0.275. The zero-order valence-electron chi connectivity index (χ0n) is 23.9. The van der Waals surface area contributed by atoms with Gasteiger partial charge in [-0.2, -0.15) is 0 Å². The molecule has 1 aliphatic rings. The van der Waals surface area contributed by atoms with E-state index in [-0.39, 0.29) is 24.9 Å². The summed E-state index contributed by atoms with van der Waals surface area (Å²) in [5, 5.41) is 3.89. The number of amides is 2. The summed E-state index contributed by atoms with van der Waals surface area (Å²) in [4.78, 5) is 29.7. The Morgan fingerprint density at radius 1 is 0.905 bits per heavy atom. The van der Waals surface area contributed by atoms with Crippen molar-refractivity contribution in [3.63, 3.8) is 0 Å². The molecule has 10 heteroatoms. The van der Waals surface area contributed by atoms with Crippen LogP contribution in [0.5, 0.6) is 0 Å². The van der Waals surface area contributed by atoms with Gasteiger partial charge in [-0.15, -0.1) is 0 Å². The van der Waals surface area contributed by atoms with Crippen LogP contribution >= 0.6 is 23.2 Å². The average molecular weight is 631 g/mol. The molecule has 1 N–H and O–H groups in total. The first-order valence-electron chi connectivity index (χ1n) is 14.1. The number of hydrogen-bond acceptors (Lipinski definition) is 4. The Morgan fingerprint density at radius 2 is 1.62 bits per heavy atom. The van der Waals surface area contributed by atoms with Crippen LogP contribution in [0.15, 0.2) is 72.8 Å². The van der Waals surface area contributed by atoms with Gasteiger partial charge in [0.15, 0.2) is 0 Å². The number of benzene rings is 3. The molecule has 1 fully saturated rings. The van der Waals surface area contributed by atoms with Crippen molar-refractivity contribution in [2.45, 2.75) is 64.1 Å². The molecule has 224 valence electrons. The fourth-order valence-corrected chi connectivity index (χ4v) is 6.49. The van der Waals surface area contributed by atoms with Gasteiger partial charge >= 0.3 is 0 Å². The maximum absolute atomic E-state index is 14.2.